The summed E-state index contributed by atoms with van der Waals surface area (Å²) >= 11 is 7.21. The molecule has 0 unspecified atom stereocenters. The number of hydrogen-bond acceptors (Lipinski definition) is 9. The monoisotopic (exact) mass is 682 g/mol. The minimum Gasteiger partial charge on any atom is -0.481 e. The molecule has 0 spiro atoms. The van der Waals surface area contributed by atoms with Crippen LogP contribution < -0.4 is 26.6 Å². The van der Waals surface area contributed by atoms with Crippen LogP contribution in [0.15, 0.2) is 58.1 Å². The summed E-state index contributed by atoms with van der Waals surface area (Å²) < 4.78 is 13.8. The van der Waals surface area contributed by atoms with E-state index >= 15 is 0 Å². The maximum Gasteiger partial charge on any atom is 0.330 e. The summed E-state index contributed by atoms with van der Waals surface area (Å²) in [6.45, 7) is 4.78. The molecule has 12 heteroatoms. The number of methoxy groups -OCH3 is 1. The molecule has 5 aromatic rings. The van der Waals surface area contributed by atoms with Crippen molar-refractivity contribution in [2.45, 2.75) is 51.3 Å². The Morgan fingerprint density at radius 3 is 2.53 bits per heavy atom. The molecule has 3 aromatic heterocycles. The second kappa shape index (κ2) is 13.1. The Morgan fingerprint density at radius 2 is 1.76 bits per heavy atom. The van der Waals surface area contributed by atoms with Crippen molar-refractivity contribution in [1.29, 1.82) is 0 Å². The van der Waals surface area contributed by atoms with Crippen LogP contribution in [0.3, 0.4) is 0 Å². The number of nitrogens with zero attached hydrogens (tertiary/aromatic N) is 4. The Bertz CT molecular complexity index is 2230. The van der Waals surface area contributed by atoms with Gasteiger partial charge in [0.1, 0.15) is 11.2 Å². The fourth-order valence-corrected chi connectivity index (χ4v) is 7.50. The number of benzene rings is 2. The van der Waals surface area contributed by atoms with Crippen LogP contribution in [-0.4, -0.2) is 56.7 Å². The highest BCUT2D eigenvalue weighted by Gasteiger charge is 2.33. The Morgan fingerprint density at radius 1 is 1.00 bits per heavy atom. The third-order valence-electron chi connectivity index (χ3n) is 9.83. The predicted octanol–water partition coefficient (Wildman–Crippen LogP) is 5.11. The average Bonchev–Trinajstić information content (AvgIpc) is 3.50. The number of fused-ring (bicyclic) bond motifs is 2. The lowest BCUT2D eigenvalue weighted by Crippen LogP contribution is -2.47. The van der Waals surface area contributed by atoms with Gasteiger partial charge in [0.2, 0.25) is 5.88 Å². The number of anilines is 2. The third-order valence-corrected chi connectivity index (χ3v) is 10.2. The molecule has 2 aliphatic rings. The number of halogens is 1. The van der Waals surface area contributed by atoms with Crippen LogP contribution in [0.25, 0.3) is 33.3 Å². The van der Waals surface area contributed by atoms with E-state index in [0.29, 0.717) is 46.5 Å². The normalized spacial score (nSPS) is 18.9. The molecule has 3 atom stereocenters. The largest absolute Gasteiger partial charge is 0.481 e. The number of rotatable bonds is 7. The van der Waals surface area contributed by atoms with Gasteiger partial charge in [-0.15, -0.1) is 0 Å². The van der Waals surface area contributed by atoms with Crippen molar-refractivity contribution in [2.75, 3.05) is 25.6 Å². The maximum absolute atomic E-state index is 13.3. The van der Waals surface area contributed by atoms with Crippen molar-refractivity contribution in [2.24, 2.45) is 14.1 Å². The quantitative estimate of drug-likeness (QED) is 0.214. The molecule has 0 saturated carbocycles. The Balaban J connectivity index is 1.25. The zero-order valence-corrected chi connectivity index (χ0v) is 28.9. The van der Waals surface area contributed by atoms with Crippen molar-refractivity contribution in [3.8, 4) is 28.3 Å². The smallest absolute Gasteiger partial charge is 0.330 e. The van der Waals surface area contributed by atoms with E-state index in [1.165, 1.54) is 11.6 Å². The molecule has 3 N–H and O–H groups in total. The SMILES string of the molecule is COc1nc(-c2cccc(-c3cccc(Nc4nc(C)cc5c4c(=O)n(C)c(=O)n5C)c3C)c2Cl)cc2c1[C@@H](N[C@H]1CCOC[C@H]1O)CC2. The van der Waals surface area contributed by atoms with Crippen molar-refractivity contribution < 1.29 is 14.6 Å². The fourth-order valence-electron chi connectivity index (χ4n) is 7.17. The van der Waals surface area contributed by atoms with Crippen LogP contribution in [-0.2, 0) is 25.3 Å². The van der Waals surface area contributed by atoms with Gasteiger partial charge in [-0.2, -0.15) is 0 Å². The van der Waals surface area contributed by atoms with Gasteiger partial charge in [-0.25, -0.2) is 14.8 Å². The third kappa shape index (κ3) is 5.80. The van der Waals surface area contributed by atoms with Crippen LogP contribution in [0.2, 0.25) is 5.02 Å². The van der Waals surface area contributed by atoms with E-state index in [0.717, 1.165) is 68.6 Å². The fraction of sp³-hybridized carbons (Fsp3) is 0.351. The molecule has 0 amide bonds. The first-order valence-corrected chi connectivity index (χ1v) is 16.8. The highest BCUT2D eigenvalue weighted by molar-refractivity contribution is 6.36. The summed E-state index contributed by atoms with van der Waals surface area (Å²) in [5.74, 6) is 0.925. The van der Waals surface area contributed by atoms with E-state index in [1.54, 1.807) is 20.2 Å². The van der Waals surface area contributed by atoms with E-state index in [1.807, 2.05) is 50.2 Å². The van der Waals surface area contributed by atoms with Crippen molar-refractivity contribution in [3.05, 3.63) is 96.8 Å². The summed E-state index contributed by atoms with van der Waals surface area (Å²) in [5.41, 5.74) is 7.42. The molecular formula is C37H39ClN6O5. The molecule has 1 saturated heterocycles. The first kappa shape index (κ1) is 33.0. The van der Waals surface area contributed by atoms with Gasteiger partial charge in [-0.1, -0.05) is 41.9 Å². The number of aryl methyl sites for hydroxylation is 3. The first-order valence-electron chi connectivity index (χ1n) is 16.4. The summed E-state index contributed by atoms with van der Waals surface area (Å²) in [6, 6.07) is 15.6. The number of ether oxygens (including phenoxy) is 2. The van der Waals surface area contributed by atoms with Crippen LogP contribution in [0, 0.1) is 13.8 Å². The number of aliphatic hydroxyl groups excluding tert-OH is 1. The van der Waals surface area contributed by atoms with Crippen LogP contribution in [0.1, 0.15) is 41.3 Å². The van der Waals surface area contributed by atoms with E-state index in [9.17, 15) is 14.7 Å². The van der Waals surface area contributed by atoms with Crippen molar-refractivity contribution in [1.82, 2.24) is 24.4 Å². The van der Waals surface area contributed by atoms with Gasteiger partial charge in [0.15, 0.2) is 0 Å². The molecule has 1 aliphatic heterocycles. The summed E-state index contributed by atoms with van der Waals surface area (Å²) in [5, 5.41) is 18.4. The topological polar surface area (TPSA) is 133 Å². The molecule has 4 heterocycles. The Hall–Kier alpha value is -4.55. The van der Waals surface area contributed by atoms with E-state index in [2.05, 4.69) is 21.7 Å². The highest BCUT2D eigenvalue weighted by Crippen LogP contribution is 2.43. The van der Waals surface area contributed by atoms with Gasteiger partial charge in [-0.05, 0) is 68.0 Å². The predicted molar refractivity (Wildman–Crippen MR) is 191 cm³/mol. The lowest BCUT2D eigenvalue weighted by molar-refractivity contribution is -0.0304. The summed E-state index contributed by atoms with van der Waals surface area (Å²) in [6.07, 6.45) is 1.92. The molecule has 49 heavy (non-hydrogen) atoms. The minimum atomic E-state index is -0.551. The molecule has 7 rings (SSSR count). The maximum atomic E-state index is 13.3. The van der Waals surface area contributed by atoms with E-state index in [4.69, 9.17) is 26.1 Å². The molecule has 0 bridgehead atoms. The van der Waals surface area contributed by atoms with E-state index < -0.39 is 17.4 Å². The Labute approximate surface area is 288 Å². The second-order valence-corrected chi connectivity index (χ2v) is 13.2. The van der Waals surface area contributed by atoms with Gasteiger partial charge in [0.05, 0.1) is 36.1 Å². The van der Waals surface area contributed by atoms with Gasteiger partial charge >= 0.3 is 5.69 Å². The first-order chi connectivity index (χ1) is 23.6. The molecule has 11 nitrogen and oxygen atoms in total. The molecule has 2 aromatic carbocycles. The van der Waals surface area contributed by atoms with E-state index in [-0.39, 0.29) is 12.1 Å². The Kier molecular flexibility index (Phi) is 8.78. The molecular weight excluding hydrogens is 644 g/mol. The van der Waals surface area contributed by atoms with Crippen LogP contribution in [0.4, 0.5) is 11.5 Å². The molecule has 1 aliphatic carbocycles. The minimum absolute atomic E-state index is 0.0222. The molecule has 0 radical (unpaired) electrons. The van der Waals surface area contributed by atoms with Crippen molar-refractivity contribution in [3.63, 3.8) is 0 Å². The standard InChI is InChI=1S/C37H39ClN6O5/c1-19-16-29-32(36(46)44(4)37(47)43(29)3)34(39-19)41-25-11-7-8-22(20(25)2)23-9-6-10-24(33(23)38)28-17-21-12-13-27(31(21)35(42-28)48-5)40-26-14-15-49-18-30(26)45/h6-11,16-17,26-27,30,40,45H,12-15,18H2,1-5H3,(H,39,41)/t26-,27-,30+/m0/s1. The van der Waals surface area contributed by atoms with Gasteiger partial charge < -0.3 is 25.2 Å². The highest BCUT2D eigenvalue weighted by atomic mass is 35.5. The lowest BCUT2D eigenvalue weighted by atomic mass is 9.96. The second-order valence-electron chi connectivity index (χ2n) is 12.9. The average molecular weight is 683 g/mol. The molecule has 1 fully saturated rings. The van der Waals surface area contributed by atoms with Crippen LogP contribution >= 0.6 is 11.6 Å². The lowest BCUT2D eigenvalue weighted by Gasteiger charge is -2.31. The molecule has 254 valence electrons. The number of pyridine rings is 2. The number of nitrogens with one attached hydrogen (secondary N) is 2. The van der Waals surface area contributed by atoms with Crippen LogP contribution in [0.5, 0.6) is 5.88 Å². The summed E-state index contributed by atoms with van der Waals surface area (Å²) in [7, 11) is 4.74. The van der Waals surface area contributed by atoms with Gasteiger partial charge in [-0.3, -0.25) is 13.9 Å². The van der Waals surface area contributed by atoms with Gasteiger partial charge in [0, 0.05) is 60.9 Å². The number of aromatic nitrogens is 4. The summed E-state index contributed by atoms with van der Waals surface area (Å²) in [4.78, 5) is 35.5. The zero-order valence-electron chi connectivity index (χ0n) is 28.1. The number of hydrogen-bond donors (Lipinski definition) is 3. The van der Waals surface area contributed by atoms with Crippen molar-refractivity contribution >= 4 is 34.0 Å². The van der Waals surface area contributed by atoms with Gasteiger partial charge in [0.25, 0.3) is 5.56 Å². The zero-order chi connectivity index (χ0) is 34.6. The number of aliphatic hydroxyl groups is 1.